The molecule has 1 fully saturated rings. The van der Waals surface area contributed by atoms with Crippen LogP contribution in [0.4, 0.5) is 0 Å². The first kappa shape index (κ1) is 22.6. The van der Waals surface area contributed by atoms with Gasteiger partial charge in [-0.1, -0.05) is 43.9 Å². The number of benzene rings is 2. The van der Waals surface area contributed by atoms with Crippen molar-refractivity contribution < 1.29 is 14.4 Å². The third-order valence-corrected chi connectivity index (χ3v) is 7.33. The first-order chi connectivity index (χ1) is 15.8. The predicted molar refractivity (Wildman–Crippen MR) is 133 cm³/mol. The maximum absolute atomic E-state index is 6.42. The van der Waals surface area contributed by atoms with Gasteiger partial charge in [-0.15, -0.1) is 0 Å². The van der Waals surface area contributed by atoms with E-state index in [1.165, 1.54) is 16.7 Å². The number of ether oxygens (including phenoxy) is 1. The van der Waals surface area contributed by atoms with Crippen molar-refractivity contribution in [2.75, 3.05) is 26.3 Å². The van der Waals surface area contributed by atoms with E-state index >= 15 is 0 Å². The quantitative estimate of drug-likeness (QED) is 0.585. The van der Waals surface area contributed by atoms with Crippen LogP contribution >= 0.6 is 15.9 Å². The highest BCUT2D eigenvalue weighted by atomic mass is 79.9. The monoisotopic (exact) mass is 511 g/mol. The van der Waals surface area contributed by atoms with Crippen molar-refractivity contribution in [1.29, 1.82) is 0 Å². The molecule has 0 N–H and O–H groups in total. The van der Waals surface area contributed by atoms with Crippen LogP contribution in [0.5, 0.6) is 0 Å². The van der Waals surface area contributed by atoms with Gasteiger partial charge >= 0.3 is 0 Å². The molecular formula is C26H30BrN3O3. The molecule has 2 unspecified atom stereocenters. The first-order valence-corrected chi connectivity index (χ1v) is 12.3. The maximum Gasteiger partial charge on any atom is 0.241 e. The second kappa shape index (κ2) is 8.53. The highest BCUT2D eigenvalue weighted by molar-refractivity contribution is 9.10. The van der Waals surface area contributed by atoms with Crippen LogP contribution in [-0.4, -0.2) is 54.5 Å². The fourth-order valence-electron chi connectivity index (χ4n) is 5.58. The normalized spacial score (nSPS) is 25.1. The summed E-state index contributed by atoms with van der Waals surface area (Å²) in [5.41, 5.74) is 9.14. The van der Waals surface area contributed by atoms with Gasteiger partial charge in [-0.3, -0.25) is 4.90 Å². The van der Waals surface area contributed by atoms with Gasteiger partial charge in [0.1, 0.15) is 5.71 Å². The van der Waals surface area contributed by atoms with Crippen molar-refractivity contribution >= 4 is 27.4 Å². The fourth-order valence-corrected chi connectivity index (χ4v) is 6.26. The molecule has 3 aliphatic rings. The van der Waals surface area contributed by atoms with Crippen molar-refractivity contribution in [2.24, 2.45) is 10.3 Å². The van der Waals surface area contributed by atoms with Crippen LogP contribution < -0.4 is 0 Å². The number of halogens is 1. The van der Waals surface area contributed by atoms with E-state index in [1.54, 1.807) is 0 Å². The van der Waals surface area contributed by atoms with Gasteiger partial charge in [0.2, 0.25) is 11.8 Å². The molecule has 0 aromatic heterocycles. The zero-order valence-corrected chi connectivity index (χ0v) is 21.5. The van der Waals surface area contributed by atoms with Crippen molar-refractivity contribution in [3.63, 3.8) is 0 Å². The van der Waals surface area contributed by atoms with Crippen molar-refractivity contribution in [2.45, 2.75) is 52.9 Å². The Morgan fingerprint density at radius 3 is 2.12 bits per heavy atom. The summed E-state index contributed by atoms with van der Waals surface area (Å²) in [5.74, 6) is 0. The Balaban J connectivity index is 1.59. The van der Waals surface area contributed by atoms with Crippen LogP contribution in [-0.2, 0) is 14.4 Å². The highest BCUT2D eigenvalue weighted by Gasteiger charge is 2.60. The fraction of sp³-hybridized carbons (Fsp3) is 0.462. The molecule has 5 rings (SSSR count). The average molecular weight is 512 g/mol. The van der Waals surface area contributed by atoms with Crippen LogP contribution in [0.3, 0.4) is 0 Å². The van der Waals surface area contributed by atoms with E-state index in [1.807, 2.05) is 0 Å². The summed E-state index contributed by atoms with van der Waals surface area (Å²) in [7, 11) is 0. The Kier molecular flexibility index (Phi) is 5.83. The van der Waals surface area contributed by atoms with E-state index in [0.717, 1.165) is 51.2 Å². The van der Waals surface area contributed by atoms with E-state index in [-0.39, 0.29) is 6.23 Å². The summed E-state index contributed by atoms with van der Waals surface area (Å²) in [6, 6.07) is 8.65. The van der Waals surface area contributed by atoms with Gasteiger partial charge in [-0.2, -0.15) is 0 Å². The summed E-state index contributed by atoms with van der Waals surface area (Å²) in [4.78, 5) is 14.8. The second-order valence-electron chi connectivity index (χ2n) is 9.43. The van der Waals surface area contributed by atoms with Gasteiger partial charge in [-0.25, -0.2) is 0 Å². The summed E-state index contributed by atoms with van der Waals surface area (Å²) in [6.07, 6.45) is 0.249. The lowest BCUT2D eigenvalue weighted by Gasteiger charge is -2.37. The number of hydrogen-bond acceptors (Lipinski definition) is 6. The molecule has 3 heterocycles. The smallest absolute Gasteiger partial charge is 0.241 e. The number of rotatable bonds is 3. The van der Waals surface area contributed by atoms with E-state index in [4.69, 9.17) is 14.4 Å². The molecule has 1 saturated heterocycles. The molecule has 174 valence electrons. The number of oxime groups is 2. The van der Waals surface area contributed by atoms with E-state index in [2.05, 4.69) is 90.0 Å². The number of hydrogen-bond donors (Lipinski definition) is 0. The molecule has 1 spiro atoms. The Bertz CT molecular complexity index is 1120. The number of nitrogens with zero attached hydrogens (tertiary/aromatic N) is 3. The maximum atomic E-state index is 6.42. The predicted octanol–water partition coefficient (Wildman–Crippen LogP) is 4.95. The third-order valence-electron chi connectivity index (χ3n) is 6.87. The molecule has 0 amide bonds. The van der Waals surface area contributed by atoms with Crippen LogP contribution in [0.2, 0.25) is 0 Å². The SMILES string of the molecule is Cc1cc(C)c(C2=NOC3(C2)C(c2c(C)cc(Br)cc2C)=NOC3N2CCOCC2)c(C)c1. The first-order valence-electron chi connectivity index (χ1n) is 11.5. The molecule has 2 aromatic carbocycles. The molecule has 33 heavy (non-hydrogen) atoms. The van der Waals surface area contributed by atoms with Crippen LogP contribution in [0, 0.1) is 34.6 Å². The van der Waals surface area contributed by atoms with E-state index < -0.39 is 5.60 Å². The minimum Gasteiger partial charge on any atom is -0.379 e. The molecule has 0 bridgehead atoms. The standard InChI is InChI=1S/C26H30BrN3O3/c1-15-10-16(2)22(17(3)11-15)21-14-26(33-28-21)24(23-18(4)12-20(27)13-19(23)5)29-32-25(26)30-6-8-31-9-7-30/h10-13,25H,6-9,14H2,1-5H3. The zero-order valence-electron chi connectivity index (χ0n) is 19.9. The van der Waals surface area contributed by atoms with Gasteiger partial charge < -0.3 is 14.4 Å². The van der Waals surface area contributed by atoms with E-state index in [0.29, 0.717) is 19.6 Å². The lowest BCUT2D eigenvalue weighted by molar-refractivity contribution is -0.159. The Labute approximate surface area is 203 Å². The minimum atomic E-state index is -0.806. The van der Waals surface area contributed by atoms with E-state index in [9.17, 15) is 0 Å². The van der Waals surface area contributed by atoms with Gasteiger partial charge in [0.15, 0.2) is 0 Å². The average Bonchev–Trinajstić information content (AvgIpc) is 3.32. The Hall–Kier alpha value is -2.22. The Morgan fingerprint density at radius 2 is 1.48 bits per heavy atom. The van der Waals surface area contributed by atoms with Gasteiger partial charge in [-0.05, 0) is 69.0 Å². The molecule has 0 saturated carbocycles. The summed E-state index contributed by atoms with van der Waals surface area (Å²) in [6.45, 7) is 13.5. The lowest BCUT2D eigenvalue weighted by atomic mass is 9.81. The topological polar surface area (TPSA) is 55.7 Å². The summed E-state index contributed by atoms with van der Waals surface area (Å²) >= 11 is 3.62. The summed E-state index contributed by atoms with van der Waals surface area (Å²) < 4.78 is 6.65. The van der Waals surface area contributed by atoms with Crippen molar-refractivity contribution in [1.82, 2.24) is 4.90 Å². The van der Waals surface area contributed by atoms with Crippen LogP contribution in [0.15, 0.2) is 39.0 Å². The molecular weight excluding hydrogens is 482 g/mol. The van der Waals surface area contributed by atoms with Gasteiger partial charge in [0.05, 0.1) is 18.9 Å². The third kappa shape index (κ3) is 3.80. The van der Waals surface area contributed by atoms with Gasteiger partial charge in [0.25, 0.3) is 0 Å². The molecule has 2 atom stereocenters. The molecule has 0 aliphatic carbocycles. The second-order valence-corrected chi connectivity index (χ2v) is 10.3. The Morgan fingerprint density at radius 1 is 0.879 bits per heavy atom. The minimum absolute atomic E-state index is 0.355. The molecule has 2 aromatic rings. The van der Waals surface area contributed by atoms with Gasteiger partial charge in [0, 0.05) is 35.1 Å². The largest absolute Gasteiger partial charge is 0.379 e. The van der Waals surface area contributed by atoms with Crippen LogP contribution in [0.1, 0.15) is 45.4 Å². The number of morpholine rings is 1. The molecule has 3 aliphatic heterocycles. The zero-order chi connectivity index (χ0) is 23.3. The number of aryl methyl sites for hydroxylation is 5. The highest BCUT2D eigenvalue weighted by Crippen LogP contribution is 2.43. The molecule has 7 heteroatoms. The van der Waals surface area contributed by atoms with Crippen LogP contribution in [0.25, 0.3) is 0 Å². The lowest BCUT2D eigenvalue weighted by Crippen LogP contribution is -2.57. The van der Waals surface area contributed by atoms with Crippen molar-refractivity contribution in [3.05, 3.63) is 67.7 Å². The molecule has 0 radical (unpaired) electrons. The van der Waals surface area contributed by atoms with Crippen molar-refractivity contribution in [3.8, 4) is 0 Å². The summed E-state index contributed by atoms with van der Waals surface area (Å²) in [5, 5.41) is 9.34. The molecule has 6 nitrogen and oxygen atoms in total.